The van der Waals surface area contributed by atoms with Gasteiger partial charge in [0.15, 0.2) is 11.4 Å². The van der Waals surface area contributed by atoms with Crippen LogP contribution in [-0.2, 0) is 7.05 Å². The molecule has 0 aliphatic heterocycles. The number of aromatic nitrogens is 4. The highest BCUT2D eigenvalue weighted by Crippen LogP contribution is 2.30. The number of hydrogen-bond acceptors (Lipinski definition) is 6. The summed E-state index contributed by atoms with van der Waals surface area (Å²) in [5.41, 5.74) is 6.10. The van der Waals surface area contributed by atoms with E-state index in [1.165, 1.54) is 6.33 Å². The average molecular weight is 235 g/mol. The van der Waals surface area contributed by atoms with Crippen molar-refractivity contribution in [3.63, 3.8) is 0 Å². The zero-order chi connectivity index (χ0) is 12.3. The summed E-state index contributed by atoms with van der Waals surface area (Å²) in [7, 11) is 1.79. The molecule has 0 saturated carbocycles. The molecule has 0 atom stereocenters. The topological polar surface area (TPSA) is 88.1 Å². The highest BCUT2D eigenvalue weighted by Gasteiger charge is 2.11. The first-order chi connectivity index (χ1) is 8.20. The molecule has 0 aliphatic rings. The van der Waals surface area contributed by atoms with E-state index in [2.05, 4.69) is 15.1 Å². The Hall–Kier alpha value is -2.31. The van der Waals surface area contributed by atoms with E-state index in [1.807, 2.05) is 6.92 Å². The molecule has 2 N–H and O–H groups in total. The van der Waals surface area contributed by atoms with Crippen molar-refractivity contribution in [2.45, 2.75) is 6.92 Å². The van der Waals surface area contributed by atoms with Gasteiger partial charge in [-0.1, -0.05) is 0 Å². The lowest BCUT2D eigenvalue weighted by Gasteiger charge is -2.08. The Morgan fingerprint density at radius 1 is 1.35 bits per heavy atom. The smallest absolute Gasteiger partial charge is 0.250 e. The molecule has 0 radical (unpaired) electrons. The summed E-state index contributed by atoms with van der Waals surface area (Å²) in [4.78, 5) is 7.87. The SMILES string of the molecule is CCOc1ncnc(Oc2cnn(C)c2)c1N. The maximum absolute atomic E-state index is 5.82. The first-order valence-corrected chi connectivity index (χ1v) is 5.10. The average Bonchev–Trinajstić information content (AvgIpc) is 2.70. The number of hydrogen-bond donors (Lipinski definition) is 1. The van der Waals surface area contributed by atoms with E-state index >= 15 is 0 Å². The van der Waals surface area contributed by atoms with Gasteiger partial charge in [-0.2, -0.15) is 15.1 Å². The minimum Gasteiger partial charge on any atom is -0.476 e. The van der Waals surface area contributed by atoms with Gasteiger partial charge in [0.25, 0.3) is 0 Å². The van der Waals surface area contributed by atoms with Gasteiger partial charge in [0.2, 0.25) is 11.8 Å². The van der Waals surface area contributed by atoms with Crippen LogP contribution in [0.2, 0.25) is 0 Å². The molecule has 0 saturated heterocycles. The molecule has 2 heterocycles. The number of ether oxygens (including phenoxy) is 2. The second-order valence-corrected chi connectivity index (χ2v) is 3.28. The van der Waals surface area contributed by atoms with Gasteiger partial charge in [-0.05, 0) is 6.92 Å². The van der Waals surface area contributed by atoms with E-state index < -0.39 is 0 Å². The Kier molecular flexibility index (Phi) is 3.08. The van der Waals surface area contributed by atoms with Crippen LogP contribution < -0.4 is 15.2 Å². The van der Waals surface area contributed by atoms with E-state index in [-0.39, 0.29) is 11.6 Å². The lowest BCUT2D eigenvalue weighted by atomic mass is 10.5. The number of nitrogens with two attached hydrogens (primary N) is 1. The summed E-state index contributed by atoms with van der Waals surface area (Å²) in [6.07, 6.45) is 4.62. The maximum Gasteiger partial charge on any atom is 0.250 e. The highest BCUT2D eigenvalue weighted by molar-refractivity contribution is 5.56. The zero-order valence-corrected chi connectivity index (χ0v) is 9.62. The van der Waals surface area contributed by atoms with Crippen molar-refractivity contribution in [1.82, 2.24) is 19.7 Å². The van der Waals surface area contributed by atoms with Crippen LogP contribution in [0.5, 0.6) is 17.5 Å². The van der Waals surface area contributed by atoms with Gasteiger partial charge in [0, 0.05) is 7.05 Å². The van der Waals surface area contributed by atoms with Crippen molar-refractivity contribution in [2.75, 3.05) is 12.3 Å². The molecule has 0 fully saturated rings. The molecule has 2 aromatic heterocycles. The van der Waals surface area contributed by atoms with Crippen LogP contribution in [0.3, 0.4) is 0 Å². The Morgan fingerprint density at radius 2 is 2.12 bits per heavy atom. The highest BCUT2D eigenvalue weighted by atomic mass is 16.5. The minimum atomic E-state index is 0.261. The van der Waals surface area contributed by atoms with E-state index in [1.54, 1.807) is 24.1 Å². The fourth-order valence-corrected chi connectivity index (χ4v) is 1.26. The fourth-order valence-electron chi connectivity index (χ4n) is 1.26. The molecule has 2 aromatic rings. The van der Waals surface area contributed by atoms with Crippen LogP contribution in [0.4, 0.5) is 5.69 Å². The zero-order valence-electron chi connectivity index (χ0n) is 9.62. The molecular weight excluding hydrogens is 222 g/mol. The monoisotopic (exact) mass is 235 g/mol. The lowest BCUT2D eigenvalue weighted by Crippen LogP contribution is -2.02. The van der Waals surface area contributed by atoms with Gasteiger partial charge >= 0.3 is 0 Å². The van der Waals surface area contributed by atoms with Crippen molar-refractivity contribution in [2.24, 2.45) is 7.05 Å². The van der Waals surface area contributed by atoms with Crippen molar-refractivity contribution < 1.29 is 9.47 Å². The molecule has 7 heteroatoms. The third kappa shape index (κ3) is 2.44. The number of nitrogens with zero attached hydrogens (tertiary/aromatic N) is 4. The maximum atomic E-state index is 5.82. The molecule has 0 unspecified atom stereocenters. The summed E-state index contributed by atoms with van der Waals surface area (Å²) in [6.45, 7) is 2.33. The van der Waals surface area contributed by atoms with Crippen LogP contribution in [0.15, 0.2) is 18.7 Å². The first-order valence-electron chi connectivity index (χ1n) is 5.10. The van der Waals surface area contributed by atoms with Crippen LogP contribution in [0, 0.1) is 0 Å². The number of aryl methyl sites for hydroxylation is 1. The molecule has 0 aromatic carbocycles. The van der Waals surface area contributed by atoms with Gasteiger partial charge in [-0.15, -0.1) is 0 Å². The Labute approximate surface area is 98.2 Å². The Balaban J connectivity index is 2.23. The fraction of sp³-hybridized carbons (Fsp3) is 0.300. The molecule has 7 nitrogen and oxygen atoms in total. The summed E-state index contributed by atoms with van der Waals surface area (Å²) in [5, 5.41) is 3.98. The predicted octanol–water partition coefficient (Wildman–Crippen LogP) is 0.983. The normalized spacial score (nSPS) is 10.2. The summed E-state index contributed by atoms with van der Waals surface area (Å²) >= 11 is 0. The Bertz CT molecular complexity index is 511. The Morgan fingerprint density at radius 3 is 2.76 bits per heavy atom. The molecule has 0 amide bonds. The summed E-state index contributed by atoms with van der Waals surface area (Å²) < 4.78 is 12.3. The summed E-state index contributed by atoms with van der Waals surface area (Å²) in [6, 6.07) is 0. The van der Waals surface area contributed by atoms with Crippen molar-refractivity contribution >= 4 is 5.69 Å². The van der Waals surface area contributed by atoms with Gasteiger partial charge < -0.3 is 15.2 Å². The van der Waals surface area contributed by atoms with Crippen LogP contribution in [0.25, 0.3) is 0 Å². The predicted molar refractivity (Wildman–Crippen MR) is 60.9 cm³/mol. The van der Waals surface area contributed by atoms with Crippen molar-refractivity contribution in [1.29, 1.82) is 0 Å². The minimum absolute atomic E-state index is 0.261. The first kappa shape index (κ1) is 11.2. The standard InChI is InChI=1S/C10H13N5O2/c1-3-16-9-8(11)10(13-6-12-9)17-7-4-14-15(2)5-7/h4-6H,3,11H2,1-2H3. The van der Waals surface area contributed by atoms with Gasteiger partial charge in [-0.25, -0.2) is 0 Å². The van der Waals surface area contributed by atoms with Gasteiger partial charge in [-0.3, -0.25) is 4.68 Å². The number of nitrogen functional groups attached to an aromatic ring is 1. The molecule has 0 aliphatic carbocycles. The molecule has 90 valence electrons. The summed E-state index contributed by atoms with van der Waals surface area (Å²) in [5.74, 6) is 1.14. The van der Waals surface area contributed by atoms with Crippen LogP contribution in [-0.4, -0.2) is 26.4 Å². The van der Waals surface area contributed by atoms with Crippen LogP contribution in [0.1, 0.15) is 6.92 Å². The number of rotatable bonds is 4. The molecule has 2 rings (SSSR count). The quantitative estimate of drug-likeness (QED) is 0.849. The molecule has 0 bridgehead atoms. The third-order valence-corrected chi connectivity index (χ3v) is 1.99. The van der Waals surface area contributed by atoms with Crippen molar-refractivity contribution in [3.8, 4) is 17.5 Å². The van der Waals surface area contributed by atoms with Gasteiger partial charge in [0.1, 0.15) is 6.33 Å². The molecule has 0 spiro atoms. The third-order valence-electron chi connectivity index (χ3n) is 1.99. The number of anilines is 1. The molecule has 17 heavy (non-hydrogen) atoms. The van der Waals surface area contributed by atoms with Crippen LogP contribution >= 0.6 is 0 Å². The second-order valence-electron chi connectivity index (χ2n) is 3.28. The second kappa shape index (κ2) is 4.69. The van der Waals surface area contributed by atoms with Crippen molar-refractivity contribution in [3.05, 3.63) is 18.7 Å². The van der Waals surface area contributed by atoms with E-state index in [4.69, 9.17) is 15.2 Å². The largest absolute Gasteiger partial charge is 0.476 e. The van der Waals surface area contributed by atoms with Gasteiger partial charge in [0.05, 0.1) is 19.0 Å². The van der Waals surface area contributed by atoms with E-state index in [9.17, 15) is 0 Å². The van der Waals surface area contributed by atoms with E-state index in [0.29, 0.717) is 18.2 Å². The lowest BCUT2D eigenvalue weighted by molar-refractivity contribution is 0.325. The molecular formula is C10H13N5O2. The van der Waals surface area contributed by atoms with E-state index in [0.717, 1.165) is 0 Å².